The number of pyridine rings is 1. The number of hydrogen-bond acceptors (Lipinski definition) is 5. The Morgan fingerprint density at radius 2 is 1.88 bits per heavy atom. The van der Waals surface area contributed by atoms with Gasteiger partial charge in [0.1, 0.15) is 28.6 Å². The molecule has 7 nitrogen and oxygen atoms in total. The Bertz CT molecular complexity index is 1540. The summed E-state index contributed by atoms with van der Waals surface area (Å²) in [6.45, 7) is 1.93. The predicted octanol–water partition coefficient (Wildman–Crippen LogP) is 5.65. The highest BCUT2D eigenvalue weighted by Crippen LogP contribution is 2.30. The second kappa shape index (κ2) is 9.79. The maximum absolute atomic E-state index is 13.2. The number of ether oxygens (including phenoxy) is 1. The highest BCUT2D eigenvalue weighted by Gasteiger charge is 2.18. The number of benzene rings is 2. The molecule has 0 unspecified atom stereocenters. The van der Waals surface area contributed by atoms with Gasteiger partial charge >= 0.3 is 0 Å². The Morgan fingerprint density at radius 3 is 2.62 bits per heavy atom. The molecule has 1 N–H and O–H groups in total. The molecule has 0 aliphatic heterocycles. The van der Waals surface area contributed by atoms with Gasteiger partial charge in [0.25, 0.3) is 11.5 Å². The van der Waals surface area contributed by atoms with E-state index in [1.165, 1.54) is 10.6 Å². The van der Waals surface area contributed by atoms with Crippen molar-refractivity contribution in [1.82, 2.24) is 9.38 Å². The van der Waals surface area contributed by atoms with E-state index < -0.39 is 11.5 Å². The first-order valence-electron chi connectivity index (χ1n) is 10.0. The molecular formula is C25H16Cl2N4O3. The van der Waals surface area contributed by atoms with Gasteiger partial charge in [-0.25, -0.2) is 0 Å². The average molecular weight is 491 g/mol. The smallest absolute Gasteiger partial charge is 0.269 e. The van der Waals surface area contributed by atoms with Crippen molar-refractivity contribution in [3.05, 3.63) is 104 Å². The van der Waals surface area contributed by atoms with Gasteiger partial charge in [0.15, 0.2) is 0 Å². The highest BCUT2D eigenvalue weighted by molar-refractivity contribution is 6.44. The Morgan fingerprint density at radius 1 is 1.12 bits per heavy atom. The van der Waals surface area contributed by atoms with E-state index in [-0.39, 0.29) is 32.7 Å². The van der Waals surface area contributed by atoms with Crippen LogP contribution in [0.5, 0.6) is 11.6 Å². The predicted molar refractivity (Wildman–Crippen MR) is 131 cm³/mol. The van der Waals surface area contributed by atoms with Crippen LogP contribution in [0.4, 0.5) is 5.69 Å². The van der Waals surface area contributed by atoms with Crippen LogP contribution in [0, 0.1) is 18.3 Å². The molecule has 2 aromatic heterocycles. The lowest BCUT2D eigenvalue weighted by Gasteiger charge is -2.11. The van der Waals surface area contributed by atoms with Crippen molar-refractivity contribution in [3.63, 3.8) is 0 Å². The summed E-state index contributed by atoms with van der Waals surface area (Å²) in [5.41, 5.74) is 0.689. The Kier molecular flexibility index (Phi) is 6.64. The summed E-state index contributed by atoms with van der Waals surface area (Å²) in [6.07, 6.45) is 2.68. The molecule has 0 fully saturated rings. The van der Waals surface area contributed by atoms with Crippen LogP contribution in [0.1, 0.15) is 11.1 Å². The van der Waals surface area contributed by atoms with E-state index in [1.54, 1.807) is 48.5 Å². The SMILES string of the molecule is Cc1ccc(Oc2nc3ccccn3c(=O)c2/C=C(/C#N)C(=O)Nc2cccc(Cl)c2Cl)cc1. The van der Waals surface area contributed by atoms with Crippen LogP contribution in [0.2, 0.25) is 10.0 Å². The number of rotatable bonds is 5. The first-order chi connectivity index (χ1) is 16.4. The molecular weight excluding hydrogens is 475 g/mol. The van der Waals surface area contributed by atoms with Gasteiger partial charge in [0.05, 0.1) is 15.7 Å². The summed E-state index contributed by atoms with van der Waals surface area (Å²) >= 11 is 12.1. The van der Waals surface area contributed by atoms with Gasteiger partial charge in [0, 0.05) is 6.20 Å². The Labute approximate surface area is 204 Å². The maximum Gasteiger partial charge on any atom is 0.269 e. The van der Waals surface area contributed by atoms with Crippen LogP contribution in [0.25, 0.3) is 11.7 Å². The van der Waals surface area contributed by atoms with Gasteiger partial charge in [-0.15, -0.1) is 0 Å². The zero-order chi connectivity index (χ0) is 24.2. The molecule has 2 heterocycles. The number of fused-ring (bicyclic) bond motifs is 1. The molecule has 0 saturated carbocycles. The number of nitrogens with zero attached hydrogens (tertiary/aromatic N) is 3. The quantitative estimate of drug-likeness (QED) is 0.288. The second-order valence-corrected chi connectivity index (χ2v) is 7.99. The fourth-order valence-corrected chi connectivity index (χ4v) is 3.43. The molecule has 0 spiro atoms. The second-order valence-electron chi connectivity index (χ2n) is 7.21. The fourth-order valence-electron chi connectivity index (χ4n) is 3.08. The van der Waals surface area contributed by atoms with Crippen molar-refractivity contribution in [2.45, 2.75) is 6.92 Å². The number of halogens is 2. The van der Waals surface area contributed by atoms with Crippen LogP contribution < -0.4 is 15.6 Å². The third kappa shape index (κ3) is 4.79. The third-order valence-electron chi connectivity index (χ3n) is 4.82. The number of hydrogen-bond donors (Lipinski definition) is 1. The summed E-state index contributed by atoms with van der Waals surface area (Å²) in [5, 5.41) is 12.6. The number of carbonyl (C=O) groups excluding carboxylic acids is 1. The van der Waals surface area contributed by atoms with E-state index >= 15 is 0 Å². The molecule has 0 radical (unpaired) electrons. The van der Waals surface area contributed by atoms with Crippen molar-refractivity contribution >= 4 is 46.5 Å². The van der Waals surface area contributed by atoms with Crippen LogP contribution in [0.15, 0.2) is 77.2 Å². The van der Waals surface area contributed by atoms with E-state index in [4.69, 9.17) is 27.9 Å². The number of aromatic nitrogens is 2. The van der Waals surface area contributed by atoms with Crippen LogP contribution in [-0.4, -0.2) is 15.3 Å². The van der Waals surface area contributed by atoms with Gasteiger partial charge in [-0.1, -0.05) is 53.0 Å². The third-order valence-corrected chi connectivity index (χ3v) is 5.64. The Balaban J connectivity index is 1.80. The van der Waals surface area contributed by atoms with Crippen molar-refractivity contribution in [3.8, 4) is 17.7 Å². The number of aryl methyl sites for hydroxylation is 1. The van der Waals surface area contributed by atoms with Crippen LogP contribution in [0.3, 0.4) is 0 Å². The number of nitriles is 1. The van der Waals surface area contributed by atoms with Gasteiger partial charge < -0.3 is 10.1 Å². The molecule has 34 heavy (non-hydrogen) atoms. The standard InChI is InChI=1S/C25H16Cl2N4O3/c1-15-8-10-17(11-9-15)34-24-18(25(33)31-12-3-2-7-21(31)30-24)13-16(14-28)23(32)29-20-6-4-5-19(26)22(20)27/h2-13H,1H3,(H,29,32)/b16-13-. The van der Waals surface area contributed by atoms with Crippen molar-refractivity contribution in [1.29, 1.82) is 5.26 Å². The van der Waals surface area contributed by atoms with Gasteiger partial charge in [-0.05, 0) is 49.4 Å². The first kappa shape index (κ1) is 23.1. The molecule has 2 aromatic carbocycles. The number of anilines is 1. The molecule has 0 aliphatic carbocycles. The monoisotopic (exact) mass is 490 g/mol. The minimum absolute atomic E-state index is 0.0404. The van der Waals surface area contributed by atoms with Gasteiger partial charge in [0.2, 0.25) is 5.88 Å². The maximum atomic E-state index is 13.2. The summed E-state index contributed by atoms with van der Waals surface area (Å²) < 4.78 is 7.18. The molecule has 1 amide bonds. The molecule has 4 rings (SSSR count). The minimum atomic E-state index is -0.773. The normalized spacial score (nSPS) is 11.2. The molecule has 0 atom stereocenters. The summed E-state index contributed by atoms with van der Waals surface area (Å²) in [4.78, 5) is 30.5. The zero-order valence-electron chi connectivity index (χ0n) is 17.8. The molecule has 9 heteroatoms. The summed E-state index contributed by atoms with van der Waals surface area (Å²) in [5.74, 6) is -0.368. The fraction of sp³-hybridized carbons (Fsp3) is 0.0400. The Hall–Kier alpha value is -4.12. The average Bonchev–Trinajstić information content (AvgIpc) is 2.83. The lowest BCUT2D eigenvalue weighted by atomic mass is 10.1. The first-order valence-corrected chi connectivity index (χ1v) is 10.8. The number of carbonyl (C=O) groups is 1. The molecule has 0 bridgehead atoms. The number of amides is 1. The topological polar surface area (TPSA) is 96.5 Å². The zero-order valence-corrected chi connectivity index (χ0v) is 19.3. The number of nitrogens with one attached hydrogen (secondary N) is 1. The van der Waals surface area contributed by atoms with Gasteiger partial charge in [-0.2, -0.15) is 10.2 Å². The minimum Gasteiger partial charge on any atom is -0.438 e. The van der Waals surface area contributed by atoms with E-state index in [9.17, 15) is 14.9 Å². The van der Waals surface area contributed by atoms with Crippen molar-refractivity contribution in [2.24, 2.45) is 0 Å². The summed E-state index contributed by atoms with van der Waals surface area (Å²) in [7, 11) is 0. The molecule has 168 valence electrons. The van der Waals surface area contributed by atoms with Crippen LogP contribution in [-0.2, 0) is 4.79 Å². The van der Waals surface area contributed by atoms with Crippen molar-refractivity contribution in [2.75, 3.05) is 5.32 Å². The van der Waals surface area contributed by atoms with E-state index in [1.807, 2.05) is 25.1 Å². The van der Waals surface area contributed by atoms with E-state index in [0.29, 0.717) is 11.4 Å². The van der Waals surface area contributed by atoms with E-state index in [2.05, 4.69) is 10.3 Å². The van der Waals surface area contributed by atoms with Gasteiger partial charge in [-0.3, -0.25) is 14.0 Å². The van der Waals surface area contributed by atoms with Crippen LogP contribution >= 0.6 is 23.2 Å². The van der Waals surface area contributed by atoms with E-state index in [0.717, 1.165) is 11.6 Å². The largest absolute Gasteiger partial charge is 0.438 e. The highest BCUT2D eigenvalue weighted by atomic mass is 35.5. The molecule has 0 aliphatic rings. The molecule has 0 saturated heterocycles. The molecule has 4 aromatic rings. The lowest BCUT2D eigenvalue weighted by Crippen LogP contribution is -2.20. The lowest BCUT2D eigenvalue weighted by molar-refractivity contribution is -0.112. The summed E-state index contributed by atoms with van der Waals surface area (Å²) in [6, 6.07) is 18.7. The van der Waals surface area contributed by atoms with Crippen molar-refractivity contribution < 1.29 is 9.53 Å².